The summed E-state index contributed by atoms with van der Waals surface area (Å²) in [5, 5.41) is 11.0. The lowest BCUT2D eigenvalue weighted by atomic mass is 9.95. The summed E-state index contributed by atoms with van der Waals surface area (Å²) < 4.78 is 38.0. The number of benzene rings is 2. The van der Waals surface area contributed by atoms with Crippen LogP contribution in [0.4, 0.5) is 27.3 Å². The number of halogens is 1. The normalized spacial score (nSPS) is 20.0. The maximum Gasteiger partial charge on any atom is 0.271 e. The predicted octanol–water partition coefficient (Wildman–Crippen LogP) is 4.56. The zero-order valence-corrected chi connectivity index (χ0v) is 26.8. The number of nitrogens with one attached hydrogen (secondary N) is 2. The number of hydrogen-bond donors (Lipinski definition) is 2. The van der Waals surface area contributed by atoms with E-state index in [2.05, 4.69) is 26.6 Å². The van der Waals surface area contributed by atoms with Crippen molar-refractivity contribution in [2.75, 3.05) is 62.7 Å². The Morgan fingerprint density at radius 1 is 1.09 bits per heavy atom. The SMILES string of the molecule is COc1ccc(CN(C)c2cc(Nc3cccc(N4CCC(C5OCCO5)CC4)c3OC)nn3c(C(=O)N[C@@H]4C[C@@H]4F)cnc23)cc1. The van der Waals surface area contributed by atoms with Gasteiger partial charge in [0.25, 0.3) is 5.91 Å². The van der Waals surface area contributed by atoms with E-state index < -0.39 is 18.1 Å². The van der Waals surface area contributed by atoms with Gasteiger partial charge in [-0.25, -0.2) is 13.9 Å². The Hall–Kier alpha value is -4.62. The summed E-state index contributed by atoms with van der Waals surface area (Å²) in [6, 6.07) is 15.3. The van der Waals surface area contributed by atoms with Crippen LogP contribution in [0.25, 0.3) is 5.65 Å². The zero-order chi connectivity index (χ0) is 32.5. The fourth-order valence-corrected chi connectivity index (χ4v) is 6.38. The summed E-state index contributed by atoms with van der Waals surface area (Å²) in [6.45, 7) is 3.60. The predicted molar refractivity (Wildman–Crippen MR) is 176 cm³/mol. The quantitative estimate of drug-likeness (QED) is 0.241. The second kappa shape index (κ2) is 13.2. The summed E-state index contributed by atoms with van der Waals surface area (Å²) >= 11 is 0. The summed E-state index contributed by atoms with van der Waals surface area (Å²) in [4.78, 5) is 22.1. The molecule has 3 fully saturated rings. The number of aromatic nitrogens is 3. The number of methoxy groups -OCH3 is 2. The van der Waals surface area contributed by atoms with Gasteiger partial charge in [0.2, 0.25) is 0 Å². The maximum atomic E-state index is 13.6. The maximum absolute atomic E-state index is 13.6. The number of fused-ring (bicyclic) bond motifs is 1. The first-order valence-corrected chi connectivity index (χ1v) is 16.0. The van der Waals surface area contributed by atoms with E-state index in [1.807, 2.05) is 54.4 Å². The van der Waals surface area contributed by atoms with E-state index in [9.17, 15) is 9.18 Å². The zero-order valence-electron chi connectivity index (χ0n) is 26.8. The molecule has 2 N–H and O–H groups in total. The third kappa shape index (κ3) is 6.50. The van der Waals surface area contributed by atoms with E-state index in [0.29, 0.717) is 49.3 Å². The molecule has 2 aliphatic heterocycles. The molecule has 2 aromatic heterocycles. The standard InChI is InChI=1S/C34H40FN7O5/c1-40(20-21-7-9-23(44-2)10-8-21)28-18-30(39-42-29(19-36-32(28)42)33(43)38-26-17-24(26)35)37-25-5-4-6-27(31(25)45-3)41-13-11-22(12-14-41)34-46-15-16-47-34/h4-10,18-19,22,24,26,34H,11-17,20H2,1-3H3,(H,37,39)(H,38,43)/t24-,26+/m0/s1. The number of alkyl halides is 1. The molecule has 13 heteroatoms. The van der Waals surface area contributed by atoms with Gasteiger partial charge in [0.05, 0.1) is 56.7 Å². The summed E-state index contributed by atoms with van der Waals surface area (Å²) in [6.07, 6.45) is 2.59. The number of anilines is 4. The van der Waals surface area contributed by atoms with Crippen molar-refractivity contribution in [3.05, 3.63) is 66.0 Å². The molecule has 47 heavy (non-hydrogen) atoms. The minimum absolute atomic E-state index is 0.108. The number of hydrogen-bond acceptors (Lipinski definition) is 10. The van der Waals surface area contributed by atoms with Crippen molar-refractivity contribution in [3.63, 3.8) is 0 Å². The van der Waals surface area contributed by atoms with Crippen LogP contribution >= 0.6 is 0 Å². The van der Waals surface area contributed by atoms with Crippen LogP contribution in [0.5, 0.6) is 11.5 Å². The number of amides is 1. The van der Waals surface area contributed by atoms with Crippen LogP contribution in [0.3, 0.4) is 0 Å². The fourth-order valence-electron chi connectivity index (χ4n) is 6.38. The van der Waals surface area contributed by atoms with Crippen LogP contribution < -0.4 is 29.9 Å². The van der Waals surface area contributed by atoms with Crippen molar-refractivity contribution < 1.29 is 28.1 Å². The molecule has 7 rings (SSSR count). The summed E-state index contributed by atoms with van der Waals surface area (Å²) in [5.74, 6) is 1.91. The van der Waals surface area contributed by atoms with E-state index in [1.165, 1.54) is 10.7 Å². The number of nitrogens with zero attached hydrogens (tertiary/aromatic N) is 5. The van der Waals surface area contributed by atoms with Crippen LogP contribution in [-0.2, 0) is 16.0 Å². The number of imidazole rings is 1. The van der Waals surface area contributed by atoms with Crippen molar-refractivity contribution >= 4 is 34.4 Å². The van der Waals surface area contributed by atoms with Crippen molar-refractivity contribution in [1.29, 1.82) is 0 Å². The minimum atomic E-state index is -1.02. The van der Waals surface area contributed by atoms with Gasteiger partial charge in [0.1, 0.15) is 11.9 Å². The first kappa shape index (κ1) is 31.0. The van der Waals surface area contributed by atoms with Crippen LogP contribution in [-0.4, -0.2) is 86.6 Å². The number of carbonyl (C=O) groups excluding carboxylic acids is 1. The first-order chi connectivity index (χ1) is 22.9. The highest BCUT2D eigenvalue weighted by Gasteiger charge is 2.39. The molecule has 0 bridgehead atoms. The number of para-hydroxylation sites is 1. The van der Waals surface area contributed by atoms with Crippen LogP contribution in [0, 0.1) is 5.92 Å². The molecule has 4 heterocycles. The highest BCUT2D eigenvalue weighted by Crippen LogP contribution is 2.40. The first-order valence-electron chi connectivity index (χ1n) is 16.0. The second-order valence-electron chi connectivity index (χ2n) is 12.2. The average Bonchev–Trinajstić information content (AvgIpc) is 3.45. The van der Waals surface area contributed by atoms with Crippen molar-refractivity contribution in [3.8, 4) is 11.5 Å². The van der Waals surface area contributed by atoms with Gasteiger partial charge in [-0.1, -0.05) is 18.2 Å². The monoisotopic (exact) mass is 645 g/mol. The summed E-state index contributed by atoms with van der Waals surface area (Å²) in [5.41, 5.74) is 4.25. The molecule has 1 amide bonds. The largest absolute Gasteiger partial charge is 0.497 e. The molecule has 248 valence electrons. The van der Waals surface area contributed by atoms with E-state index in [0.717, 1.165) is 54.3 Å². The third-order valence-corrected chi connectivity index (χ3v) is 9.07. The topological polar surface area (TPSA) is 115 Å². The molecule has 1 aliphatic carbocycles. The van der Waals surface area contributed by atoms with Crippen LogP contribution in [0.15, 0.2) is 54.7 Å². The molecule has 12 nitrogen and oxygen atoms in total. The Balaban J connectivity index is 1.19. The molecule has 2 atom stereocenters. The molecule has 2 saturated heterocycles. The molecule has 2 aromatic carbocycles. The smallest absolute Gasteiger partial charge is 0.271 e. The van der Waals surface area contributed by atoms with Crippen molar-refractivity contribution in [2.45, 2.75) is 44.3 Å². The van der Waals surface area contributed by atoms with Gasteiger partial charge in [0.15, 0.2) is 29.2 Å². The third-order valence-electron chi connectivity index (χ3n) is 9.07. The van der Waals surface area contributed by atoms with Gasteiger partial charge in [-0.05, 0) is 42.7 Å². The number of carbonyl (C=O) groups is 1. The Morgan fingerprint density at radius 2 is 1.83 bits per heavy atom. The highest BCUT2D eigenvalue weighted by molar-refractivity contribution is 5.94. The molecule has 0 spiro atoms. The molecule has 0 unspecified atom stereocenters. The van der Waals surface area contributed by atoms with Gasteiger partial charge in [-0.15, -0.1) is 5.10 Å². The lowest BCUT2D eigenvalue weighted by molar-refractivity contribution is -0.0889. The second-order valence-corrected chi connectivity index (χ2v) is 12.2. The fraction of sp³-hybridized carbons (Fsp3) is 0.441. The lowest BCUT2D eigenvalue weighted by Gasteiger charge is -2.36. The highest BCUT2D eigenvalue weighted by atomic mass is 19.1. The average molecular weight is 646 g/mol. The van der Waals surface area contributed by atoms with Gasteiger partial charge in [0, 0.05) is 45.1 Å². The number of piperidine rings is 1. The molecule has 0 radical (unpaired) electrons. The van der Waals surface area contributed by atoms with E-state index in [1.54, 1.807) is 14.2 Å². The van der Waals surface area contributed by atoms with Gasteiger partial charge in [-0.3, -0.25) is 4.79 Å². The number of ether oxygens (including phenoxy) is 4. The van der Waals surface area contributed by atoms with Crippen molar-refractivity contribution in [1.82, 2.24) is 19.9 Å². The molecule has 1 saturated carbocycles. The molecule has 4 aromatic rings. The van der Waals surface area contributed by atoms with Crippen LogP contribution in [0.1, 0.15) is 35.3 Å². The Labute approximate surface area is 272 Å². The van der Waals surface area contributed by atoms with Crippen molar-refractivity contribution in [2.24, 2.45) is 5.92 Å². The molecular weight excluding hydrogens is 605 g/mol. The van der Waals surface area contributed by atoms with E-state index in [4.69, 9.17) is 24.0 Å². The van der Waals surface area contributed by atoms with Gasteiger partial charge >= 0.3 is 0 Å². The summed E-state index contributed by atoms with van der Waals surface area (Å²) in [7, 11) is 5.26. The lowest BCUT2D eigenvalue weighted by Crippen LogP contribution is -2.38. The minimum Gasteiger partial charge on any atom is -0.497 e. The molecular formula is C34H40FN7O5. The van der Waals surface area contributed by atoms with Gasteiger partial charge < -0.3 is 39.4 Å². The van der Waals surface area contributed by atoms with Gasteiger partial charge in [-0.2, -0.15) is 0 Å². The van der Waals surface area contributed by atoms with Crippen LogP contribution in [0.2, 0.25) is 0 Å². The van der Waals surface area contributed by atoms with E-state index in [-0.39, 0.29) is 12.0 Å². The Bertz CT molecular complexity index is 1720. The van der Waals surface area contributed by atoms with E-state index >= 15 is 0 Å². The number of rotatable bonds is 11. The Kier molecular flexibility index (Phi) is 8.74. The molecule has 3 aliphatic rings. The Morgan fingerprint density at radius 3 is 2.51 bits per heavy atom.